The third kappa shape index (κ3) is 1.83. The molecule has 0 saturated carbocycles. The first-order chi connectivity index (χ1) is 9.04. The predicted octanol–water partition coefficient (Wildman–Crippen LogP) is 2.43. The fourth-order valence-corrected chi connectivity index (χ4v) is 2.75. The lowest BCUT2D eigenvalue weighted by molar-refractivity contribution is -0.0178. The first kappa shape index (κ1) is 12.2. The lowest BCUT2D eigenvalue weighted by Gasteiger charge is -2.35. The van der Waals surface area contributed by atoms with Gasteiger partial charge in [0.1, 0.15) is 11.2 Å². The fraction of sp³-hybridized carbons (Fsp3) is 0.400. The van der Waals surface area contributed by atoms with E-state index < -0.39 is 5.60 Å². The predicted molar refractivity (Wildman–Crippen MR) is 71.6 cm³/mol. The molecule has 0 fully saturated rings. The van der Waals surface area contributed by atoms with Crippen LogP contribution in [0.5, 0.6) is 5.95 Å². The van der Waals surface area contributed by atoms with Gasteiger partial charge in [0.15, 0.2) is 5.43 Å². The van der Waals surface area contributed by atoms with Crippen LogP contribution in [0.1, 0.15) is 31.7 Å². The largest absolute Gasteiger partial charge is 0.456 e. The van der Waals surface area contributed by atoms with E-state index in [-0.39, 0.29) is 23.9 Å². The molecule has 1 aliphatic heterocycles. The zero-order valence-electron chi connectivity index (χ0n) is 11.0. The van der Waals surface area contributed by atoms with Crippen molar-refractivity contribution in [3.8, 4) is 5.95 Å². The van der Waals surface area contributed by atoms with Crippen LogP contribution < -0.4 is 10.2 Å². The molecule has 0 aliphatic carbocycles. The third-order valence-electron chi connectivity index (χ3n) is 3.70. The molecular formula is C15H16O4. The van der Waals surface area contributed by atoms with E-state index >= 15 is 0 Å². The number of hydrogen-bond acceptors (Lipinski definition) is 4. The van der Waals surface area contributed by atoms with E-state index in [0.717, 1.165) is 0 Å². The van der Waals surface area contributed by atoms with E-state index in [0.29, 0.717) is 23.0 Å². The molecule has 1 aromatic carbocycles. The van der Waals surface area contributed by atoms with Crippen LogP contribution >= 0.6 is 0 Å². The summed E-state index contributed by atoms with van der Waals surface area (Å²) in [6, 6.07) is 7.14. The van der Waals surface area contributed by atoms with Gasteiger partial charge in [0.05, 0.1) is 17.6 Å². The quantitative estimate of drug-likeness (QED) is 0.855. The van der Waals surface area contributed by atoms with E-state index in [1.807, 2.05) is 26.0 Å². The summed E-state index contributed by atoms with van der Waals surface area (Å²) in [5, 5.41) is 10.0. The number of benzene rings is 1. The van der Waals surface area contributed by atoms with Crippen LogP contribution in [0, 0.1) is 0 Å². The van der Waals surface area contributed by atoms with Gasteiger partial charge in [-0.15, -0.1) is 0 Å². The first-order valence-corrected chi connectivity index (χ1v) is 6.40. The second-order valence-electron chi connectivity index (χ2n) is 5.44. The lowest BCUT2D eigenvalue weighted by atomic mass is 9.86. The fourth-order valence-electron chi connectivity index (χ4n) is 2.75. The molecule has 0 unspecified atom stereocenters. The number of ether oxygens (including phenoxy) is 1. The van der Waals surface area contributed by atoms with Crippen molar-refractivity contribution in [2.45, 2.75) is 31.8 Å². The molecule has 1 N–H and O–H groups in total. The molecule has 3 rings (SSSR count). The number of aliphatic hydroxyl groups is 1. The Hall–Kier alpha value is -1.81. The van der Waals surface area contributed by atoms with E-state index in [2.05, 4.69) is 0 Å². The smallest absolute Gasteiger partial charge is 0.293 e. The maximum absolute atomic E-state index is 12.5. The van der Waals surface area contributed by atoms with Crippen LogP contribution in [0.3, 0.4) is 0 Å². The van der Waals surface area contributed by atoms with Crippen molar-refractivity contribution < 1.29 is 14.3 Å². The highest BCUT2D eigenvalue weighted by atomic mass is 16.6. The van der Waals surface area contributed by atoms with Crippen molar-refractivity contribution in [2.75, 3.05) is 6.61 Å². The van der Waals surface area contributed by atoms with Crippen LogP contribution in [0.2, 0.25) is 0 Å². The van der Waals surface area contributed by atoms with Crippen molar-refractivity contribution in [3.63, 3.8) is 0 Å². The molecule has 2 aromatic rings. The highest BCUT2D eigenvalue weighted by molar-refractivity contribution is 5.77. The molecule has 2 heterocycles. The SMILES string of the molecule is C[C@@H]1C[C@](C)(CO)Oc2oc3ccccc3c(=O)c21. The topological polar surface area (TPSA) is 59.7 Å². The molecular weight excluding hydrogens is 244 g/mol. The van der Waals surface area contributed by atoms with E-state index in [1.54, 1.807) is 12.1 Å². The number of fused-ring (bicyclic) bond motifs is 2. The Morgan fingerprint density at radius 3 is 2.89 bits per heavy atom. The van der Waals surface area contributed by atoms with Crippen LogP contribution in [-0.2, 0) is 0 Å². The Labute approximate surface area is 110 Å². The van der Waals surface area contributed by atoms with Crippen LogP contribution in [0.25, 0.3) is 11.0 Å². The number of aliphatic hydroxyl groups excluding tert-OH is 1. The average Bonchev–Trinajstić information content (AvgIpc) is 2.38. The minimum atomic E-state index is -0.690. The summed E-state index contributed by atoms with van der Waals surface area (Å²) in [6.07, 6.45) is 0.597. The number of hydrogen-bond donors (Lipinski definition) is 1. The molecule has 0 bridgehead atoms. The molecule has 100 valence electrons. The van der Waals surface area contributed by atoms with Crippen LogP contribution in [0.4, 0.5) is 0 Å². The average molecular weight is 260 g/mol. The van der Waals surface area contributed by atoms with Crippen LogP contribution in [-0.4, -0.2) is 17.3 Å². The number of para-hydroxylation sites is 1. The third-order valence-corrected chi connectivity index (χ3v) is 3.70. The highest BCUT2D eigenvalue weighted by Crippen LogP contribution is 2.40. The molecule has 0 spiro atoms. The zero-order chi connectivity index (χ0) is 13.6. The molecule has 2 atom stereocenters. The summed E-state index contributed by atoms with van der Waals surface area (Å²) in [5.74, 6) is 0.251. The molecule has 4 heteroatoms. The molecule has 1 aliphatic rings. The summed E-state index contributed by atoms with van der Waals surface area (Å²) in [7, 11) is 0. The van der Waals surface area contributed by atoms with Gasteiger partial charge in [-0.25, -0.2) is 0 Å². The molecule has 0 radical (unpaired) electrons. The minimum absolute atomic E-state index is 0.00163. The van der Waals surface area contributed by atoms with Gasteiger partial charge in [-0.05, 0) is 31.4 Å². The van der Waals surface area contributed by atoms with Gasteiger partial charge in [0.2, 0.25) is 0 Å². The Balaban J connectivity index is 2.28. The van der Waals surface area contributed by atoms with Crippen molar-refractivity contribution in [3.05, 3.63) is 40.1 Å². The van der Waals surface area contributed by atoms with Gasteiger partial charge < -0.3 is 14.3 Å². The Bertz CT molecular complexity index is 688. The van der Waals surface area contributed by atoms with Crippen molar-refractivity contribution in [2.24, 2.45) is 0 Å². The molecule has 19 heavy (non-hydrogen) atoms. The summed E-state index contributed by atoms with van der Waals surface area (Å²) in [5.41, 5.74) is 0.361. The van der Waals surface area contributed by atoms with Gasteiger partial charge in [0, 0.05) is 0 Å². The normalized spacial score (nSPS) is 25.9. The summed E-state index contributed by atoms with van der Waals surface area (Å²) in [4.78, 5) is 12.5. The maximum atomic E-state index is 12.5. The molecule has 0 amide bonds. The van der Waals surface area contributed by atoms with Gasteiger partial charge in [-0.3, -0.25) is 4.79 Å². The molecule has 4 nitrogen and oxygen atoms in total. The standard InChI is InChI=1S/C15H16O4/c1-9-7-15(2,8-16)19-14-12(9)13(17)10-5-3-4-6-11(10)18-14/h3-6,9,16H,7-8H2,1-2H3/t9-,15-/m1/s1. The van der Waals surface area contributed by atoms with Crippen molar-refractivity contribution >= 4 is 11.0 Å². The first-order valence-electron chi connectivity index (χ1n) is 6.40. The van der Waals surface area contributed by atoms with E-state index in [4.69, 9.17) is 9.15 Å². The van der Waals surface area contributed by atoms with E-state index in [9.17, 15) is 9.90 Å². The minimum Gasteiger partial charge on any atom is -0.456 e. The van der Waals surface area contributed by atoms with Gasteiger partial charge in [-0.2, -0.15) is 0 Å². The maximum Gasteiger partial charge on any atom is 0.293 e. The monoisotopic (exact) mass is 260 g/mol. The summed E-state index contributed by atoms with van der Waals surface area (Å²) >= 11 is 0. The highest BCUT2D eigenvalue weighted by Gasteiger charge is 2.38. The van der Waals surface area contributed by atoms with Gasteiger partial charge >= 0.3 is 0 Å². The molecule has 0 saturated heterocycles. The van der Waals surface area contributed by atoms with E-state index in [1.165, 1.54) is 0 Å². The van der Waals surface area contributed by atoms with Crippen molar-refractivity contribution in [1.82, 2.24) is 0 Å². The zero-order valence-corrected chi connectivity index (χ0v) is 11.0. The van der Waals surface area contributed by atoms with Gasteiger partial charge in [0.25, 0.3) is 5.95 Å². The second kappa shape index (κ2) is 4.10. The van der Waals surface area contributed by atoms with Crippen molar-refractivity contribution in [1.29, 1.82) is 0 Å². The number of rotatable bonds is 1. The summed E-state index contributed by atoms with van der Waals surface area (Å²) in [6.45, 7) is 3.68. The van der Waals surface area contributed by atoms with Crippen LogP contribution in [0.15, 0.2) is 33.5 Å². The Kier molecular flexibility index (Phi) is 2.64. The van der Waals surface area contributed by atoms with Gasteiger partial charge in [-0.1, -0.05) is 19.1 Å². The lowest BCUT2D eigenvalue weighted by Crippen LogP contribution is -2.42. The Morgan fingerprint density at radius 2 is 2.16 bits per heavy atom. The Morgan fingerprint density at radius 1 is 1.42 bits per heavy atom. The summed E-state index contributed by atoms with van der Waals surface area (Å²) < 4.78 is 11.4. The second-order valence-corrected chi connectivity index (χ2v) is 5.44. The molecule has 1 aromatic heterocycles.